The van der Waals surface area contributed by atoms with Crippen molar-refractivity contribution in [3.63, 3.8) is 0 Å². The van der Waals surface area contributed by atoms with Crippen LogP contribution in [0.3, 0.4) is 0 Å². The van der Waals surface area contributed by atoms with Crippen LogP contribution in [0.4, 0.5) is 0 Å². The normalized spacial score (nSPS) is 15.7. The molecule has 0 saturated carbocycles. The molecule has 5 aromatic rings. The fourth-order valence-electron chi connectivity index (χ4n) is 7.64. The van der Waals surface area contributed by atoms with Crippen LogP contribution in [0.5, 0.6) is 17.2 Å². The van der Waals surface area contributed by atoms with Crippen LogP contribution >= 0.6 is 8.60 Å². The summed E-state index contributed by atoms with van der Waals surface area (Å²) < 4.78 is 45.7. The molecule has 0 bridgehead atoms. The lowest BCUT2D eigenvalue weighted by Crippen LogP contribution is -2.08. The standard InChI is InChI=1S/C51H69O5PS/c1-14-32(7)38-24-40-28-46(36(11)18-5)50(30-48(40)44(26-38)34(9)16-3)55-57(54-42-20-22-43(23-21-42)58(13,52)53)56-51-31-49-41(29-47(51)37(12)19-6)25-39(33(8)15-2)27-45(49)35(10)17-4/h20-37H,14-19H2,1-13H3. The fourth-order valence-corrected chi connectivity index (χ4v) is 9.31. The Bertz CT molecular complexity index is 2160. The first-order valence-electron chi connectivity index (χ1n) is 21.9. The summed E-state index contributed by atoms with van der Waals surface area (Å²) in [6, 6.07) is 25.2. The van der Waals surface area contributed by atoms with Gasteiger partial charge in [0, 0.05) is 6.26 Å². The monoisotopic (exact) mass is 824 g/mol. The largest absolute Gasteiger partial charge is 0.530 e. The minimum absolute atomic E-state index is 0.221. The van der Waals surface area contributed by atoms with Gasteiger partial charge in [0.2, 0.25) is 0 Å². The summed E-state index contributed by atoms with van der Waals surface area (Å²) in [5.41, 5.74) is 7.67. The Labute approximate surface area is 352 Å². The first kappa shape index (κ1) is 45.5. The summed E-state index contributed by atoms with van der Waals surface area (Å²) in [6.45, 7) is 27.2. The highest BCUT2D eigenvalue weighted by molar-refractivity contribution is 7.90. The first-order chi connectivity index (χ1) is 27.6. The molecular weight excluding hydrogens is 756 g/mol. The summed E-state index contributed by atoms with van der Waals surface area (Å²) in [7, 11) is -5.46. The van der Waals surface area contributed by atoms with Gasteiger partial charge in [-0.05, 0) is 177 Å². The van der Waals surface area contributed by atoms with Crippen LogP contribution in [0.2, 0.25) is 0 Å². The molecule has 0 radical (unpaired) electrons. The first-order valence-corrected chi connectivity index (χ1v) is 24.9. The zero-order chi connectivity index (χ0) is 42.5. The van der Waals surface area contributed by atoms with E-state index >= 15 is 0 Å². The van der Waals surface area contributed by atoms with Gasteiger partial charge in [-0.3, -0.25) is 0 Å². The number of benzene rings is 5. The van der Waals surface area contributed by atoms with Crippen molar-refractivity contribution < 1.29 is 22.0 Å². The molecule has 5 aromatic carbocycles. The molecule has 0 aliphatic heterocycles. The van der Waals surface area contributed by atoms with Crippen molar-refractivity contribution in [2.45, 2.75) is 162 Å². The molecule has 314 valence electrons. The second kappa shape index (κ2) is 19.6. The van der Waals surface area contributed by atoms with E-state index in [1.807, 2.05) is 0 Å². The van der Waals surface area contributed by atoms with Gasteiger partial charge in [0.1, 0.15) is 17.2 Å². The van der Waals surface area contributed by atoms with Crippen LogP contribution in [0.1, 0.15) is 190 Å². The number of hydrogen-bond acceptors (Lipinski definition) is 5. The predicted molar refractivity (Wildman–Crippen MR) is 248 cm³/mol. The van der Waals surface area contributed by atoms with Gasteiger partial charge in [-0.2, -0.15) is 0 Å². The third kappa shape index (κ3) is 10.2. The molecule has 0 fully saturated rings. The Kier molecular flexibility index (Phi) is 15.4. The Morgan fingerprint density at radius 1 is 0.466 bits per heavy atom. The SMILES string of the molecule is CCC(C)c1cc(C(C)CC)c2cc(OP(Oc3ccc(S(C)(=O)=O)cc3)Oc3cc4c(C(C)CC)cc(C(C)CC)cc4cc3C(C)CC)c(C(C)CC)cc2c1. The van der Waals surface area contributed by atoms with E-state index in [-0.39, 0.29) is 16.7 Å². The van der Waals surface area contributed by atoms with Crippen molar-refractivity contribution in [2.75, 3.05) is 6.26 Å². The molecule has 0 aliphatic carbocycles. The average molecular weight is 825 g/mol. The molecule has 6 atom stereocenters. The Balaban J connectivity index is 1.74. The summed E-state index contributed by atoms with van der Waals surface area (Å²) >= 11 is 0. The lowest BCUT2D eigenvalue weighted by atomic mass is 9.85. The van der Waals surface area contributed by atoms with E-state index in [0.717, 1.165) is 61.2 Å². The van der Waals surface area contributed by atoms with Crippen LogP contribution < -0.4 is 13.6 Å². The summed E-state index contributed by atoms with van der Waals surface area (Å²) in [4.78, 5) is 0.233. The Morgan fingerprint density at radius 3 is 1.17 bits per heavy atom. The van der Waals surface area contributed by atoms with Crippen LogP contribution in [0, 0.1) is 0 Å². The molecule has 0 amide bonds. The Hall–Kier alpha value is -3.60. The lowest BCUT2D eigenvalue weighted by Gasteiger charge is -2.26. The molecule has 0 N–H and O–H groups in total. The molecule has 5 nitrogen and oxygen atoms in total. The van der Waals surface area contributed by atoms with E-state index < -0.39 is 18.4 Å². The van der Waals surface area contributed by atoms with E-state index in [4.69, 9.17) is 13.6 Å². The second-order valence-electron chi connectivity index (χ2n) is 17.0. The fraction of sp³-hybridized carbons (Fsp3) is 0.490. The molecule has 0 aliphatic rings. The highest BCUT2D eigenvalue weighted by atomic mass is 32.2. The van der Waals surface area contributed by atoms with Crippen molar-refractivity contribution >= 4 is 40.0 Å². The van der Waals surface area contributed by atoms with E-state index in [9.17, 15) is 8.42 Å². The number of rotatable bonds is 19. The van der Waals surface area contributed by atoms with Crippen molar-refractivity contribution in [3.05, 3.63) is 106 Å². The van der Waals surface area contributed by atoms with Crippen molar-refractivity contribution in [1.29, 1.82) is 0 Å². The zero-order valence-electron chi connectivity index (χ0n) is 37.5. The Morgan fingerprint density at radius 2 is 0.828 bits per heavy atom. The van der Waals surface area contributed by atoms with Gasteiger partial charge in [-0.15, -0.1) is 0 Å². The van der Waals surface area contributed by atoms with E-state index in [0.29, 0.717) is 29.4 Å². The third-order valence-electron chi connectivity index (χ3n) is 13.0. The molecule has 0 heterocycles. The molecule has 5 rings (SSSR count). The number of hydrogen-bond donors (Lipinski definition) is 0. The van der Waals surface area contributed by atoms with Gasteiger partial charge in [-0.1, -0.05) is 107 Å². The smallest absolute Gasteiger partial charge is 0.409 e. The van der Waals surface area contributed by atoms with Gasteiger partial charge < -0.3 is 13.6 Å². The highest BCUT2D eigenvalue weighted by Gasteiger charge is 2.28. The maximum absolute atomic E-state index is 12.4. The van der Waals surface area contributed by atoms with Gasteiger partial charge in [0.05, 0.1) is 4.90 Å². The number of sulfone groups is 1. The summed E-state index contributed by atoms with van der Waals surface area (Å²) in [5.74, 6) is 4.09. The highest BCUT2D eigenvalue weighted by Crippen LogP contribution is 2.50. The number of fused-ring (bicyclic) bond motifs is 2. The maximum atomic E-state index is 12.4. The van der Waals surface area contributed by atoms with Gasteiger partial charge in [0.15, 0.2) is 9.84 Å². The van der Waals surface area contributed by atoms with Crippen LogP contribution in [0.15, 0.2) is 77.7 Å². The van der Waals surface area contributed by atoms with E-state index in [1.165, 1.54) is 50.1 Å². The van der Waals surface area contributed by atoms with Gasteiger partial charge >= 0.3 is 8.60 Å². The second-order valence-corrected chi connectivity index (χ2v) is 20.1. The molecule has 0 spiro atoms. The average Bonchev–Trinajstić information content (AvgIpc) is 3.23. The molecular formula is C51H69O5PS. The van der Waals surface area contributed by atoms with Gasteiger partial charge in [0.25, 0.3) is 0 Å². The van der Waals surface area contributed by atoms with Crippen LogP contribution in [0.25, 0.3) is 21.5 Å². The minimum atomic E-state index is -3.38. The molecule has 0 saturated heterocycles. The van der Waals surface area contributed by atoms with Crippen molar-refractivity contribution in [1.82, 2.24) is 0 Å². The van der Waals surface area contributed by atoms with E-state index in [2.05, 4.69) is 132 Å². The van der Waals surface area contributed by atoms with Crippen molar-refractivity contribution in [2.24, 2.45) is 0 Å². The minimum Gasteiger partial charge on any atom is -0.409 e. The van der Waals surface area contributed by atoms with Crippen LogP contribution in [-0.2, 0) is 9.84 Å². The molecule has 58 heavy (non-hydrogen) atoms. The summed E-state index contributed by atoms with van der Waals surface area (Å²) in [6.07, 6.45) is 7.33. The molecule has 0 aromatic heterocycles. The van der Waals surface area contributed by atoms with E-state index in [1.54, 1.807) is 24.3 Å². The summed E-state index contributed by atoms with van der Waals surface area (Å²) in [5, 5.41) is 4.86. The topological polar surface area (TPSA) is 61.8 Å². The van der Waals surface area contributed by atoms with Crippen molar-refractivity contribution in [3.8, 4) is 17.2 Å². The third-order valence-corrected chi connectivity index (χ3v) is 15.2. The maximum Gasteiger partial charge on any atom is 0.530 e. The molecule has 6 unspecified atom stereocenters. The lowest BCUT2D eigenvalue weighted by molar-refractivity contribution is 0.382. The zero-order valence-corrected chi connectivity index (χ0v) is 39.2. The van der Waals surface area contributed by atoms with Gasteiger partial charge in [-0.25, -0.2) is 8.42 Å². The predicted octanol–water partition coefficient (Wildman–Crippen LogP) is 16.2. The quantitative estimate of drug-likeness (QED) is 0.0776. The van der Waals surface area contributed by atoms with Crippen LogP contribution in [-0.4, -0.2) is 14.7 Å². The molecule has 7 heteroatoms.